The van der Waals surface area contributed by atoms with Crippen LogP contribution in [0.15, 0.2) is 36.4 Å². The molecule has 86 valence electrons. The van der Waals surface area contributed by atoms with Crippen LogP contribution in [-0.2, 0) is 6.42 Å². The Morgan fingerprint density at radius 3 is 2.50 bits per heavy atom. The van der Waals surface area contributed by atoms with Crippen molar-refractivity contribution in [2.75, 3.05) is 0 Å². The molecule has 1 rings (SSSR count). The average molecular weight is 214 g/mol. The summed E-state index contributed by atoms with van der Waals surface area (Å²) < 4.78 is 0. The molecule has 0 saturated heterocycles. The molecule has 0 bridgehead atoms. The van der Waals surface area contributed by atoms with Crippen molar-refractivity contribution in [2.24, 2.45) is 0 Å². The smallest absolute Gasteiger partial charge is 0.0185 e. The van der Waals surface area contributed by atoms with Gasteiger partial charge in [0.1, 0.15) is 0 Å². The Balaban J connectivity index is 3.04. The van der Waals surface area contributed by atoms with Crippen molar-refractivity contribution in [2.45, 2.75) is 40.5 Å². The second kappa shape index (κ2) is 6.32. The zero-order valence-electron chi connectivity index (χ0n) is 10.9. The van der Waals surface area contributed by atoms with Crippen molar-refractivity contribution >= 4 is 5.57 Å². The molecule has 0 aliphatic heterocycles. The molecule has 0 amide bonds. The van der Waals surface area contributed by atoms with Crippen molar-refractivity contribution in [1.29, 1.82) is 0 Å². The largest absolute Gasteiger partial charge is 0.0871 e. The highest BCUT2D eigenvalue weighted by Crippen LogP contribution is 2.20. The molecule has 0 N–H and O–H groups in total. The third-order valence-corrected chi connectivity index (χ3v) is 2.85. The number of benzene rings is 1. The zero-order valence-corrected chi connectivity index (χ0v) is 10.9. The molecule has 0 aliphatic carbocycles. The van der Waals surface area contributed by atoms with E-state index >= 15 is 0 Å². The maximum absolute atomic E-state index is 2.29. The maximum Gasteiger partial charge on any atom is -0.0185 e. The van der Waals surface area contributed by atoms with Crippen LogP contribution in [0.3, 0.4) is 0 Å². The van der Waals surface area contributed by atoms with E-state index in [1.54, 1.807) is 0 Å². The average Bonchev–Trinajstić information content (AvgIpc) is 2.29. The van der Waals surface area contributed by atoms with E-state index < -0.39 is 0 Å². The van der Waals surface area contributed by atoms with Crippen LogP contribution < -0.4 is 0 Å². The molecule has 0 spiro atoms. The summed E-state index contributed by atoms with van der Waals surface area (Å²) in [6.07, 6.45) is 8.81. The summed E-state index contributed by atoms with van der Waals surface area (Å²) in [7, 11) is 0. The van der Waals surface area contributed by atoms with E-state index in [9.17, 15) is 0 Å². The van der Waals surface area contributed by atoms with Crippen molar-refractivity contribution in [1.82, 2.24) is 0 Å². The van der Waals surface area contributed by atoms with Gasteiger partial charge in [0.15, 0.2) is 0 Å². The van der Waals surface area contributed by atoms with Crippen molar-refractivity contribution in [3.63, 3.8) is 0 Å². The monoisotopic (exact) mass is 214 g/mol. The highest BCUT2D eigenvalue weighted by molar-refractivity contribution is 5.74. The molecule has 0 radical (unpaired) electrons. The Morgan fingerprint density at radius 2 is 2.00 bits per heavy atom. The molecule has 0 heteroatoms. The van der Waals surface area contributed by atoms with Gasteiger partial charge in [0.05, 0.1) is 0 Å². The van der Waals surface area contributed by atoms with Gasteiger partial charge in [0.25, 0.3) is 0 Å². The van der Waals surface area contributed by atoms with Gasteiger partial charge < -0.3 is 0 Å². The molecule has 0 fully saturated rings. The van der Waals surface area contributed by atoms with Gasteiger partial charge in [-0.25, -0.2) is 0 Å². The second-order valence-corrected chi connectivity index (χ2v) is 4.14. The molecule has 16 heavy (non-hydrogen) atoms. The number of aryl methyl sites for hydroxylation is 2. The van der Waals surface area contributed by atoms with Crippen LogP contribution in [-0.4, -0.2) is 0 Å². The van der Waals surface area contributed by atoms with E-state index in [1.165, 1.54) is 35.1 Å². The van der Waals surface area contributed by atoms with Gasteiger partial charge in [0.2, 0.25) is 0 Å². The van der Waals surface area contributed by atoms with Gasteiger partial charge in [-0.1, -0.05) is 49.8 Å². The fourth-order valence-electron chi connectivity index (χ4n) is 1.96. The van der Waals surface area contributed by atoms with Crippen LogP contribution in [0.25, 0.3) is 5.57 Å². The summed E-state index contributed by atoms with van der Waals surface area (Å²) >= 11 is 0. The van der Waals surface area contributed by atoms with E-state index in [4.69, 9.17) is 0 Å². The van der Waals surface area contributed by atoms with Crippen molar-refractivity contribution in [3.05, 3.63) is 53.1 Å². The maximum atomic E-state index is 2.29. The summed E-state index contributed by atoms with van der Waals surface area (Å²) in [4.78, 5) is 0. The third-order valence-electron chi connectivity index (χ3n) is 2.85. The molecular weight excluding hydrogens is 192 g/mol. The standard InChI is InChI=1S/C16H22/c1-5-8-14(7-3)16-11-10-15(9-6-2)13(4)12-16/h5,7-8,10-12H,6,9H2,1-4H3/b8-5-,14-7-. The summed E-state index contributed by atoms with van der Waals surface area (Å²) in [6.45, 7) is 8.58. The van der Waals surface area contributed by atoms with Crippen LogP contribution in [0.1, 0.15) is 43.9 Å². The van der Waals surface area contributed by atoms with Crippen LogP contribution in [0.2, 0.25) is 0 Å². The van der Waals surface area contributed by atoms with Gasteiger partial charge in [-0.3, -0.25) is 0 Å². The molecule has 0 nitrogen and oxygen atoms in total. The summed E-state index contributed by atoms with van der Waals surface area (Å²) in [6, 6.07) is 6.79. The number of hydrogen-bond acceptors (Lipinski definition) is 0. The summed E-state index contributed by atoms with van der Waals surface area (Å²) in [5.74, 6) is 0. The first-order chi connectivity index (χ1) is 7.72. The molecular formula is C16H22. The number of rotatable bonds is 4. The van der Waals surface area contributed by atoms with Crippen LogP contribution >= 0.6 is 0 Å². The normalized spacial score (nSPS) is 12.4. The van der Waals surface area contributed by atoms with Gasteiger partial charge >= 0.3 is 0 Å². The van der Waals surface area contributed by atoms with Crippen molar-refractivity contribution in [3.8, 4) is 0 Å². The van der Waals surface area contributed by atoms with Crippen molar-refractivity contribution < 1.29 is 0 Å². The van der Waals surface area contributed by atoms with Gasteiger partial charge in [-0.15, -0.1) is 0 Å². The van der Waals surface area contributed by atoms with E-state index in [-0.39, 0.29) is 0 Å². The molecule has 0 saturated carbocycles. The Hall–Kier alpha value is -1.30. The first-order valence-electron chi connectivity index (χ1n) is 6.11. The Labute approximate surface area is 99.7 Å². The zero-order chi connectivity index (χ0) is 12.0. The lowest BCUT2D eigenvalue weighted by Crippen LogP contribution is -1.91. The van der Waals surface area contributed by atoms with E-state index in [1.807, 2.05) is 0 Å². The van der Waals surface area contributed by atoms with E-state index in [0.29, 0.717) is 0 Å². The Kier molecular flexibility index (Phi) is 5.04. The SMILES string of the molecule is C/C=C\C(=C\C)c1ccc(CCC)c(C)c1. The van der Waals surface area contributed by atoms with Crippen LogP contribution in [0.5, 0.6) is 0 Å². The van der Waals surface area contributed by atoms with E-state index in [0.717, 1.165) is 0 Å². The third kappa shape index (κ3) is 3.10. The van der Waals surface area contributed by atoms with Gasteiger partial charge in [-0.05, 0) is 49.5 Å². The molecule has 1 aromatic carbocycles. The van der Waals surface area contributed by atoms with Crippen LogP contribution in [0, 0.1) is 6.92 Å². The molecule has 0 unspecified atom stereocenters. The van der Waals surface area contributed by atoms with Gasteiger partial charge in [-0.2, -0.15) is 0 Å². The molecule has 0 aromatic heterocycles. The first-order valence-corrected chi connectivity index (χ1v) is 6.11. The Bertz CT molecular complexity index is 394. The summed E-state index contributed by atoms with van der Waals surface area (Å²) in [5, 5.41) is 0. The predicted octanol–water partition coefficient (Wildman–Crippen LogP) is 4.93. The predicted molar refractivity (Wildman–Crippen MR) is 73.6 cm³/mol. The number of allylic oxidation sites excluding steroid dienone is 4. The minimum Gasteiger partial charge on any atom is -0.0871 e. The molecule has 0 aliphatic rings. The minimum atomic E-state index is 1.18. The Morgan fingerprint density at radius 1 is 1.25 bits per heavy atom. The van der Waals surface area contributed by atoms with Gasteiger partial charge in [0, 0.05) is 0 Å². The fourth-order valence-corrected chi connectivity index (χ4v) is 1.96. The second-order valence-electron chi connectivity index (χ2n) is 4.14. The minimum absolute atomic E-state index is 1.18. The van der Waals surface area contributed by atoms with E-state index in [2.05, 4.69) is 64.1 Å². The highest BCUT2D eigenvalue weighted by atomic mass is 14.1. The topological polar surface area (TPSA) is 0 Å². The lowest BCUT2D eigenvalue weighted by molar-refractivity contribution is 0.912. The quantitative estimate of drug-likeness (QED) is 0.624. The lowest BCUT2D eigenvalue weighted by Gasteiger charge is -2.08. The molecule has 0 heterocycles. The fraction of sp³-hybridized carbons (Fsp3) is 0.375. The van der Waals surface area contributed by atoms with Crippen LogP contribution in [0.4, 0.5) is 0 Å². The lowest BCUT2D eigenvalue weighted by atomic mass is 9.97. The number of hydrogen-bond donors (Lipinski definition) is 0. The highest BCUT2D eigenvalue weighted by Gasteiger charge is 2.01. The molecule has 1 aromatic rings. The first kappa shape index (κ1) is 12.8. The molecule has 0 atom stereocenters. The summed E-state index contributed by atoms with van der Waals surface area (Å²) in [5.41, 5.74) is 5.50.